The van der Waals surface area contributed by atoms with E-state index in [0.717, 1.165) is 11.3 Å². The van der Waals surface area contributed by atoms with Gasteiger partial charge in [0.15, 0.2) is 0 Å². The van der Waals surface area contributed by atoms with Crippen LogP contribution in [-0.2, 0) is 9.67 Å². The van der Waals surface area contributed by atoms with E-state index in [0.29, 0.717) is 18.0 Å². The second-order valence-electron chi connectivity index (χ2n) is 7.87. The molecule has 160 valence electrons. The average Bonchev–Trinajstić information content (AvgIpc) is 3.09. The van der Waals surface area contributed by atoms with Crippen molar-refractivity contribution < 1.29 is 18.7 Å². The van der Waals surface area contributed by atoms with Gasteiger partial charge in [0, 0.05) is 43.2 Å². The van der Waals surface area contributed by atoms with Gasteiger partial charge in [-0.15, -0.1) is 0 Å². The number of hydrazone groups is 1. The van der Waals surface area contributed by atoms with Crippen molar-refractivity contribution in [3.63, 3.8) is 0 Å². The molecule has 8 heteroatoms. The zero-order valence-corrected chi connectivity index (χ0v) is 17.9. The Morgan fingerprint density at radius 2 is 2.10 bits per heavy atom. The number of carbonyl (C=O) groups excluding carboxylic acids is 1. The lowest BCUT2D eigenvalue weighted by Gasteiger charge is -2.46. The number of aliphatic hydroxyl groups excluding tert-OH is 1. The predicted octanol–water partition coefficient (Wildman–Crippen LogP) is 4.28. The number of amides is 1. The summed E-state index contributed by atoms with van der Waals surface area (Å²) in [6.07, 6.45) is -1.54. The Hall–Kier alpha value is -1.67. The first-order valence-corrected chi connectivity index (χ1v) is 10.9. The molecule has 3 rings (SSSR count). The molecule has 2 aliphatic heterocycles. The van der Waals surface area contributed by atoms with Gasteiger partial charge in [-0.05, 0) is 32.3 Å². The standard InChI is InChI=1S/C21H29F2N3O2S/c1-13(22)8-9-18(23)14(2)20-25-26(15(3)28)21(29-20)16(10-11-27)12-24-19-7-5-4-6-17(19)21/h4-7,13-14,16,18,24,27H,8-12H2,1-3H3/t13?,14?,16-,18?,21+/m1/s1. The van der Waals surface area contributed by atoms with Gasteiger partial charge < -0.3 is 10.4 Å². The van der Waals surface area contributed by atoms with E-state index in [9.17, 15) is 18.7 Å². The number of aliphatic hydroxyl groups is 1. The molecule has 29 heavy (non-hydrogen) atoms. The van der Waals surface area contributed by atoms with Crippen LogP contribution in [0.15, 0.2) is 29.4 Å². The summed E-state index contributed by atoms with van der Waals surface area (Å²) in [6, 6.07) is 7.73. The van der Waals surface area contributed by atoms with Crippen LogP contribution in [0.3, 0.4) is 0 Å². The Bertz CT molecular complexity index is 776. The summed E-state index contributed by atoms with van der Waals surface area (Å²) in [7, 11) is 0. The third-order valence-corrected chi connectivity index (χ3v) is 7.43. The van der Waals surface area contributed by atoms with Crippen LogP contribution >= 0.6 is 11.8 Å². The first-order chi connectivity index (χ1) is 13.8. The van der Waals surface area contributed by atoms with Gasteiger partial charge in [0.05, 0.1) is 6.17 Å². The Kier molecular flexibility index (Phi) is 6.83. The lowest BCUT2D eigenvalue weighted by atomic mass is 9.84. The minimum atomic E-state index is -1.24. The molecule has 0 radical (unpaired) electrons. The van der Waals surface area contributed by atoms with E-state index in [-0.39, 0.29) is 31.3 Å². The number of nitrogens with one attached hydrogen (secondary N) is 1. The number of hydrogen-bond acceptors (Lipinski definition) is 5. The Labute approximate surface area is 174 Å². The van der Waals surface area contributed by atoms with Gasteiger partial charge >= 0.3 is 0 Å². The van der Waals surface area contributed by atoms with Crippen LogP contribution in [0.4, 0.5) is 14.5 Å². The summed E-state index contributed by atoms with van der Waals surface area (Å²) in [5, 5.41) is 19.6. The number of thioether (sulfide) groups is 1. The van der Waals surface area contributed by atoms with Crippen molar-refractivity contribution in [1.29, 1.82) is 0 Å². The molecule has 0 aromatic heterocycles. The molecule has 1 aromatic carbocycles. The maximum absolute atomic E-state index is 14.8. The highest BCUT2D eigenvalue weighted by molar-refractivity contribution is 8.15. The number of fused-ring (bicyclic) bond motifs is 2. The third-order valence-electron chi connectivity index (χ3n) is 5.73. The van der Waals surface area contributed by atoms with Crippen LogP contribution < -0.4 is 5.32 Å². The second kappa shape index (κ2) is 9.00. The number of anilines is 1. The predicted molar refractivity (Wildman–Crippen MR) is 113 cm³/mol. The maximum atomic E-state index is 14.8. The molecule has 2 aliphatic rings. The molecular formula is C21H29F2N3O2S. The topological polar surface area (TPSA) is 64.9 Å². The number of para-hydroxylation sites is 1. The summed E-state index contributed by atoms with van der Waals surface area (Å²) in [5.41, 5.74) is 1.82. The van der Waals surface area contributed by atoms with E-state index < -0.39 is 23.1 Å². The van der Waals surface area contributed by atoms with E-state index in [2.05, 4.69) is 10.4 Å². The van der Waals surface area contributed by atoms with Crippen LogP contribution in [0.1, 0.15) is 45.6 Å². The number of nitrogens with zero attached hydrogens (tertiary/aromatic N) is 2. The van der Waals surface area contributed by atoms with Gasteiger partial charge in [0.25, 0.3) is 0 Å². The largest absolute Gasteiger partial charge is 0.396 e. The highest BCUT2D eigenvalue weighted by Gasteiger charge is 2.56. The molecule has 0 saturated heterocycles. The average molecular weight is 426 g/mol. The summed E-state index contributed by atoms with van der Waals surface area (Å²) < 4.78 is 28.0. The molecule has 1 amide bonds. The molecule has 1 spiro atoms. The van der Waals surface area contributed by atoms with Crippen molar-refractivity contribution in [1.82, 2.24) is 5.01 Å². The summed E-state index contributed by atoms with van der Waals surface area (Å²) in [4.78, 5) is 11.8. The fourth-order valence-corrected chi connectivity index (χ4v) is 5.78. The van der Waals surface area contributed by atoms with Crippen LogP contribution in [0.2, 0.25) is 0 Å². The van der Waals surface area contributed by atoms with E-state index in [4.69, 9.17) is 0 Å². The van der Waals surface area contributed by atoms with Crippen molar-refractivity contribution in [3.8, 4) is 0 Å². The van der Waals surface area contributed by atoms with Crippen molar-refractivity contribution >= 4 is 28.4 Å². The van der Waals surface area contributed by atoms with E-state index in [1.807, 2.05) is 24.3 Å². The minimum Gasteiger partial charge on any atom is -0.396 e. The van der Waals surface area contributed by atoms with Gasteiger partial charge in [-0.2, -0.15) is 5.10 Å². The van der Waals surface area contributed by atoms with E-state index >= 15 is 0 Å². The van der Waals surface area contributed by atoms with Crippen LogP contribution in [0.5, 0.6) is 0 Å². The lowest BCUT2D eigenvalue weighted by Crippen LogP contribution is -2.51. The number of benzene rings is 1. The molecule has 0 fully saturated rings. The van der Waals surface area contributed by atoms with Crippen LogP contribution in [-0.4, -0.2) is 46.6 Å². The molecular weight excluding hydrogens is 396 g/mol. The zero-order valence-electron chi connectivity index (χ0n) is 17.1. The van der Waals surface area contributed by atoms with E-state index in [1.165, 1.54) is 30.6 Å². The lowest BCUT2D eigenvalue weighted by molar-refractivity contribution is -0.133. The Morgan fingerprint density at radius 3 is 2.76 bits per heavy atom. The van der Waals surface area contributed by atoms with E-state index in [1.54, 1.807) is 6.92 Å². The van der Waals surface area contributed by atoms with Crippen LogP contribution in [0.25, 0.3) is 0 Å². The SMILES string of the molecule is CC(=O)N1N=C(C(C)C(F)CCC(C)F)S[C@@]12c1ccccc1NC[C@H]2CCO. The van der Waals surface area contributed by atoms with Gasteiger partial charge in [0.1, 0.15) is 16.1 Å². The van der Waals surface area contributed by atoms with Crippen molar-refractivity contribution in [2.75, 3.05) is 18.5 Å². The molecule has 0 bridgehead atoms. The number of carbonyl (C=O) groups is 1. The molecule has 5 nitrogen and oxygen atoms in total. The first-order valence-electron chi connectivity index (χ1n) is 10.1. The van der Waals surface area contributed by atoms with Gasteiger partial charge in [-0.3, -0.25) is 4.79 Å². The summed E-state index contributed by atoms with van der Waals surface area (Å²) in [5.74, 6) is -0.877. The highest BCUT2D eigenvalue weighted by atomic mass is 32.2. The maximum Gasteiger partial charge on any atom is 0.241 e. The fourth-order valence-electron chi connectivity index (χ4n) is 4.10. The Morgan fingerprint density at radius 1 is 1.38 bits per heavy atom. The number of hydrogen-bond donors (Lipinski definition) is 2. The molecule has 2 N–H and O–H groups in total. The zero-order chi connectivity index (χ0) is 21.2. The monoisotopic (exact) mass is 425 g/mol. The quantitative estimate of drug-likeness (QED) is 0.684. The van der Waals surface area contributed by atoms with Crippen molar-refractivity contribution in [2.24, 2.45) is 16.9 Å². The van der Waals surface area contributed by atoms with Gasteiger partial charge in [0.2, 0.25) is 5.91 Å². The fraction of sp³-hybridized carbons (Fsp3) is 0.619. The minimum absolute atomic E-state index is 0.0203. The van der Waals surface area contributed by atoms with Gasteiger partial charge in [-0.25, -0.2) is 13.8 Å². The normalized spacial score (nSPS) is 26.5. The molecule has 3 unspecified atom stereocenters. The molecule has 5 atom stereocenters. The summed E-state index contributed by atoms with van der Waals surface area (Å²) >= 11 is 1.40. The Balaban J connectivity index is 1.98. The summed E-state index contributed by atoms with van der Waals surface area (Å²) in [6.45, 7) is 5.18. The van der Waals surface area contributed by atoms with Crippen LogP contribution in [0, 0.1) is 11.8 Å². The molecule has 0 saturated carbocycles. The highest BCUT2D eigenvalue weighted by Crippen LogP contribution is 2.57. The number of rotatable bonds is 7. The van der Waals surface area contributed by atoms with Gasteiger partial charge in [-0.1, -0.05) is 36.9 Å². The smallest absolute Gasteiger partial charge is 0.241 e. The molecule has 0 aliphatic carbocycles. The number of alkyl halides is 2. The molecule has 1 aromatic rings. The second-order valence-corrected chi connectivity index (χ2v) is 9.11. The van der Waals surface area contributed by atoms with Crippen molar-refractivity contribution in [3.05, 3.63) is 29.8 Å². The number of halogens is 2. The third kappa shape index (κ3) is 4.14. The molecule has 2 heterocycles. The van der Waals surface area contributed by atoms with Crippen molar-refractivity contribution in [2.45, 2.75) is 57.2 Å². The first kappa shape index (κ1) is 22.0.